The van der Waals surface area contributed by atoms with Gasteiger partial charge in [-0.2, -0.15) is 0 Å². The lowest BCUT2D eigenvalue weighted by molar-refractivity contribution is -0.385. The lowest BCUT2D eigenvalue weighted by Gasteiger charge is -2.25. The summed E-state index contributed by atoms with van der Waals surface area (Å²) in [6, 6.07) is 6.66. The molecule has 0 aliphatic rings. The molecule has 1 aromatic carbocycles. The van der Waals surface area contributed by atoms with Gasteiger partial charge in [-0.15, -0.1) is 0 Å². The quantitative estimate of drug-likeness (QED) is 0.598. The minimum Gasteiger partial charge on any atom is -0.395 e. The standard InChI is InChI=1S/C16H24N2O3/c1-16(2,3)11-14(12-19)17-10-6-8-13-7-4-5-9-15(13)18(20)21/h4-9,14,17,19H,10-12H2,1-3H3/b8-6+. The fourth-order valence-electron chi connectivity index (χ4n) is 2.16. The topological polar surface area (TPSA) is 75.4 Å². The smallest absolute Gasteiger partial charge is 0.276 e. The number of aliphatic hydroxyl groups is 1. The second-order valence-electron chi connectivity index (χ2n) is 6.27. The van der Waals surface area contributed by atoms with Crippen LogP contribution in [-0.2, 0) is 0 Å². The van der Waals surface area contributed by atoms with Crippen LogP contribution in [0.25, 0.3) is 6.08 Å². The van der Waals surface area contributed by atoms with Crippen molar-refractivity contribution >= 4 is 11.8 Å². The number of rotatable bonds is 7. The summed E-state index contributed by atoms with van der Waals surface area (Å²) in [7, 11) is 0. The Labute approximate surface area is 125 Å². The van der Waals surface area contributed by atoms with Gasteiger partial charge in [0, 0.05) is 18.7 Å². The predicted molar refractivity (Wildman–Crippen MR) is 85.1 cm³/mol. The van der Waals surface area contributed by atoms with E-state index in [1.165, 1.54) is 6.07 Å². The third kappa shape index (κ3) is 6.51. The lowest BCUT2D eigenvalue weighted by Crippen LogP contribution is -2.36. The van der Waals surface area contributed by atoms with Crippen molar-refractivity contribution in [3.63, 3.8) is 0 Å². The normalized spacial score (nSPS) is 13.5. The van der Waals surface area contributed by atoms with E-state index in [0.29, 0.717) is 12.1 Å². The summed E-state index contributed by atoms with van der Waals surface area (Å²) >= 11 is 0. The van der Waals surface area contributed by atoms with E-state index in [0.717, 1.165) is 6.42 Å². The van der Waals surface area contributed by atoms with Crippen molar-refractivity contribution in [2.45, 2.75) is 33.2 Å². The maximum atomic E-state index is 10.9. The number of para-hydroxylation sites is 1. The van der Waals surface area contributed by atoms with Crippen LogP contribution in [0, 0.1) is 15.5 Å². The van der Waals surface area contributed by atoms with Crippen LogP contribution in [0.5, 0.6) is 0 Å². The van der Waals surface area contributed by atoms with E-state index in [2.05, 4.69) is 26.1 Å². The summed E-state index contributed by atoms with van der Waals surface area (Å²) in [4.78, 5) is 10.5. The molecule has 5 nitrogen and oxygen atoms in total. The molecule has 2 N–H and O–H groups in total. The third-order valence-electron chi connectivity index (χ3n) is 3.03. The summed E-state index contributed by atoms with van der Waals surface area (Å²) in [6.45, 7) is 7.02. The molecule has 0 bridgehead atoms. The predicted octanol–water partition coefficient (Wildman–Crippen LogP) is 2.99. The van der Waals surface area contributed by atoms with Crippen molar-refractivity contribution < 1.29 is 10.0 Å². The van der Waals surface area contributed by atoms with Crippen LogP contribution < -0.4 is 5.32 Å². The van der Waals surface area contributed by atoms with Gasteiger partial charge in [-0.25, -0.2) is 0 Å². The first-order valence-corrected chi connectivity index (χ1v) is 7.07. The van der Waals surface area contributed by atoms with E-state index in [-0.39, 0.29) is 28.7 Å². The second kappa shape index (κ2) is 7.90. The van der Waals surface area contributed by atoms with Gasteiger partial charge in [-0.3, -0.25) is 10.1 Å². The zero-order valence-electron chi connectivity index (χ0n) is 12.9. The summed E-state index contributed by atoms with van der Waals surface area (Å²) in [5.74, 6) is 0. The minimum atomic E-state index is -0.386. The van der Waals surface area contributed by atoms with Gasteiger partial charge in [-0.1, -0.05) is 45.1 Å². The Hall–Kier alpha value is -1.72. The van der Waals surface area contributed by atoms with Crippen molar-refractivity contribution in [1.82, 2.24) is 5.32 Å². The highest BCUT2D eigenvalue weighted by atomic mass is 16.6. The fourth-order valence-corrected chi connectivity index (χ4v) is 2.16. The summed E-state index contributed by atoms with van der Waals surface area (Å²) in [5.41, 5.74) is 0.824. The van der Waals surface area contributed by atoms with Gasteiger partial charge in [0.2, 0.25) is 0 Å². The summed E-state index contributed by atoms with van der Waals surface area (Å²) in [6.07, 6.45) is 4.44. The van der Waals surface area contributed by atoms with Gasteiger partial charge in [0.05, 0.1) is 17.1 Å². The van der Waals surface area contributed by atoms with Gasteiger partial charge in [0.1, 0.15) is 0 Å². The molecule has 1 unspecified atom stereocenters. The molecule has 21 heavy (non-hydrogen) atoms. The number of hydrogen-bond acceptors (Lipinski definition) is 4. The van der Waals surface area contributed by atoms with E-state index in [9.17, 15) is 15.2 Å². The molecule has 0 spiro atoms. The minimum absolute atomic E-state index is 0.0282. The Morgan fingerprint density at radius 3 is 2.62 bits per heavy atom. The first-order chi connectivity index (χ1) is 9.83. The number of aliphatic hydroxyl groups excluding tert-OH is 1. The molecule has 1 aromatic rings. The lowest BCUT2D eigenvalue weighted by atomic mass is 9.88. The number of nitrogens with one attached hydrogen (secondary N) is 1. The Morgan fingerprint density at radius 1 is 1.38 bits per heavy atom. The van der Waals surface area contributed by atoms with E-state index in [1.807, 2.05) is 6.08 Å². The van der Waals surface area contributed by atoms with Crippen molar-refractivity contribution in [3.05, 3.63) is 46.0 Å². The van der Waals surface area contributed by atoms with E-state index >= 15 is 0 Å². The highest BCUT2D eigenvalue weighted by molar-refractivity contribution is 5.60. The SMILES string of the molecule is CC(C)(C)CC(CO)NC/C=C/c1ccccc1[N+](=O)[O-]. The monoisotopic (exact) mass is 292 g/mol. The molecule has 1 rings (SSSR count). The van der Waals surface area contributed by atoms with Crippen LogP contribution in [0.2, 0.25) is 0 Å². The van der Waals surface area contributed by atoms with Crippen LogP contribution in [-0.4, -0.2) is 29.2 Å². The molecule has 0 radical (unpaired) electrons. The second-order valence-corrected chi connectivity index (χ2v) is 6.27. The van der Waals surface area contributed by atoms with Gasteiger partial charge >= 0.3 is 0 Å². The van der Waals surface area contributed by atoms with Crippen molar-refractivity contribution in [1.29, 1.82) is 0 Å². The molecule has 0 saturated carbocycles. The van der Waals surface area contributed by atoms with Crippen molar-refractivity contribution in [2.24, 2.45) is 5.41 Å². The molecule has 116 valence electrons. The molecule has 0 fully saturated rings. The van der Waals surface area contributed by atoms with Crippen LogP contribution in [0.15, 0.2) is 30.3 Å². The molecule has 0 saturated heterocycles. The average molecular weight is 292 g/mol. The first kappa shape index (κ1) is 17.3. The van der Waals surface area contributed by atoms with Crippen molar-refractivity contribution in [2.75, 3.05) is 13.2 Å². The molecule has 0 aromatic heterocycles. The molecule has 1 atom stereocenters. The number of hydrogen-bond donors (Lipinski definition) is 2. The zero-order valence-corrected chi connectivity index (χ0v) is 12.9. The summed E-state index contributed by atoms with van der Waals surface area (Å²) < 4.78 is 0. The molecular formula is C16H24N2O3. The van der Waals surface area contributed by atoms with Gasteiger partial charge in [0.25, 0.3) is 5.69 Å². The number of nitro groups is 1. The molecule has 0 aliphatic heterocycles. The average Bonchev–Trinajstić information content (AvgIpc) is 2.41. The first-order valence-electron chi connectivity index (χ1n) is 7.07. The highest BCUT2D eigenvalue weighted by Crippen LogP contribution is 2.21. The van der Waals surface area contributed by atoms with Crippen LogP contribution >= 0.6 is 0 Å². The Balaban J connectivity index is 2.57. The maximum Gasteiger partial charge on any atom is 0.276 e. The number of nitrogens with zero attached hydrogens (tertiary/aromatic N) is 1. The fraction of sp³-hybridized carbons (Fsp3) is 0.500. The van der Waals surface area contributed by atoms with Crippen LogP contribution in [0.4, 0.5) is 5.69 Å². The molecular weight excluding hydrogens is 268 g/mol. The zero-order chi connectivity index (χ0) is 15.9. The Kier molecular flexibility index (Phi) is 6.52. The van der Waals surface area contributed by atoms with E-state index < -0.39 is 0 Å². The third-order valence-corrected chi connectivity index (χ3v) is 3.03. The van der Waals surface area contributed by atoms with E-state index in [1.54, 1.807) is 24.3 Å². The van der Waals surface area contributed by atoms with E-state index in [4.69, 9.17) is 0 Å². The van der Waals surface area contributed by atoms with Crippen LogP contribution in [0.1, 0.15) is 32.8 Å². The largest absolute Gasteiger partial charge is 0.395 e. The molecule has 0 amide bonds. The summed E-state index contributed by atoms with van der Waals surface area (Å²) in [5, 5.41) is 23.5. The number of benzene rings is 1. The van der Waals surface area contributed by atoms with Crippen LogP contribution in [0.3, 0.4) is 0 Å². The Morgan fingerprint density at radius 2 is 2.05 bits per heavy atom. The maximum absolute atomic E-state index is 10.9. The highest BCUT2D eigenvalue weighted by Gasteiger charge is 2.17. The molecule has 5 heteroatoms. The van der Waals surface area contributed by atoms with Gasteiger partial charge in [0.15, 0.2) is 0 Å². The number of nitro benzene ring substituents is 1. The Bertz CT molecular complexity index is 493. The van der Waals surface area contributed by atoms with Gasteiger partial charge in [-0.05, 0) is 17.9 Å². The van der Waals surface area contributed by atoms with Gasteiger partial charge < -0.3 is 10.4 Å². The van der Waals surface area contributed by atoms with Crippen molar-refractivity contribution in [3.8, 4) is 0 Å². The molecule has 0 heterocycles. The molecule has 0 aliphatic carbocycles.